The van der Waals surface area contributed by atoms with E-state index in [0.717, 1.165) is 18.0 Å². The van der Waals surface area contributed by atoms with Gasteiger partial charge in [0.1, 0.15) is 0 Å². The van der Waals surface area contributed by atoms with Gasteiger partial charge in [0, 0.05) is 12.1 Å². The van der Waals surface area contributed by atoms with Crippen molar-refractivity contribution in [1.29, 1.82) is 0 Å². The van der Waals surface area contributed by atoms with E-state index < -0.39 is 0 Å². The molecule has 0 radical (unpaired) electrons. The molecule has 2 unspecified atom stereocenters. The fraction of sp³-hybridized carbons (Fsp3) is 1.00. The molecule has 2 nitrogen and oxygen atoms in total. The molecule has 0 aromatic rings. The molecule has 0 aromatic carbocycles. The Balaban J connectivity index is 1.79. The van der Waals surface area contributed by atoms with E-state index in [1.807, 2.05) is 0 Å². The number of rotatable bonds is 2. The van der Waals surface area contributed by atoms with Crippen LogP contribution in [0.25, 0.3) is 0 Å². The number of hydrogen-bond acceptors (Lipinski definition) is 2. The minimum Gasteiger partial charge on any atom is -0.317 e. The van der Waals surface area contributed by atoms with Gasteiger partial charge in [-0.3, -0.25) is 0 Å². The maximum atomic E-state index is 3.41. The predicted molar refractivity (Wildman–Crippen MR) is 65.1 cm³/mol. The zero-order chi connectivity index (χ0) is 10.7. The van der Waals surface area contributed by atoms with E-state index in [9.17, 15) is 0 Å². The lowest BCUT2D eigenvalue weighted by atomic mass is 9.85. The molecule has 2 rings (SSSR count). The van der Waals surface area contributed by atoms with Crippen molar-refractivity contribution in [3.05, 3.63) is 0 Å². The lowest BCUT2D eigenvalue weighted by Gasteiger charge is -2.40. The van der Waals surface area contributed by atoms with Gasteiger partial charge in [-0.1, -0.05) is 19.8 Å². The van der Waals surface area contributed by atoms with E-state index in [1.165, 1.54) is 51.6 Å². The van der Waals surface area contributed by atoms with E-state index in [0.29, 0.717) is 0 Å². The summed E-state index contributed by atoms with van der Waals surface area (Å²) >= 11 is 0. The normalized spacial score (nSPS) is 35.6. The molecule has 2 heteroatoms. The molecule has 2 atom stereocenters. The molecule has 0 bridgehead atoms. The minimum atomic E-state index is 0.780. The zero-order valence-corrected chi connectivity index (χ0v) is 10.3. The van der Waals surface area contributed by atoms with Crippen LogP contribution in [0.3, 0.4) is 0 Å². The highest BCUT2D eigenvalue weighted by Gasteiger charge is 2.27. The van der Waals surface area contributed by atoms with Gasteiger partial charge in [-0.15, -0.1) is 0 Å². The zero-order valence-electron chi connectivity index (χ0n) is 10.3. The third-order valence-electron chi connectivity index (χ3n) is 4.36. The maximum absolute atomic E-state index is 3.41. The van der Waals surface area contributed by atoms with Crippen LogP contribution in [-0.4, -0.2) is 37.1 Å². The van der Waals surface area contributed by atoms with Crippen molar-refractivity contribution in [3.63, 3.8) is 0 Å². The molecule has 2 fully saturated rings. The summed E-state index contributed by atoms with van der Waals surface area (Å²) < 4.78 is 0. The lowest BCUT2D eigenvalue weighted by molar-refractivity contribution is 0.102. The van der Waals surface area contributed by atoms with Gasteiger partial charge in [0.25, 0.3) is 0 Å². The summed E-state index contributed by atoms with van der Waals surface area (Å²) in [6.45, 7) is 5.07. The summed E-state index contributed by atoms with van der Waals surface area (Å²) in [4.78, 5) is 2.75. The number of likely N-dealkylation sites (tertiary alicyclic amines) is 1. The van der Waals surface area contributed by atoms with Crippen LogP contribution in [0.4, 0.5) is 0 Å². The van der Waals surface area contributed by atoms with Gasteiger partial charge in [-0.2, -0.15) is 0 Å². The Morgan fingerprint density at radius 3 is 2.40 bits per heavy atom. The number of piperidine rings is 1. The topological polar surface area (TPSA) is 15.3 Å². The first-order chi connectivity index (χ1) is 7.29. The summed E-state index contributed by atoms with van der Waals surface area (Å²) in [5, 5.41) is 3.41. The van der Waals surface area contributed by atoms with Gasteiger partial charge in [0.15, 0.2) is 0 Å². The van der Waals surface area contributed by atoms with Crippen molar-refractivity contribution in [2.24, 2.45) is 5.92 Å². The van der Waals surface area contributed by atoms with Gasteiger partial charge in [-0.05, 0) is 51.7 Å². The molecule has 1 saturated heterocycles. The highest BCUT2D eigenvalue weighted by atomic mass is 15.2. The first-order valence-corrected chi connectivity index (χ1v) is 6.71. The number of hydrogen-bond donors (Lipinski definition) is 1. The molecule has 1 aliphatic heterocycles. The van der Waals surface area contributed by atoms with Gasteiger partial charge in [-0.25, -0.2) is 0 Å². The van der Waals surface area contributed by atoms with Crippen molar-refractivity contribution >= 4 is 0 Å². The highest BCUT2D eigenvalue weighted by molar-refractivity contribution is 4.84. The first kappa shape index (κ1) is 11.4. The molecular formula is C13H26N2. The Bertz CT molecular complexity index is 185. The van der Waals surface area contributed by atoms with Gasteiger partial charge in [0.2, 0.25) is 0 Å². The first-order valence-electron chi connectivity index (χ1n) is 6.71. The molecule has 1 saturated carbocycles. The summed E-state index contributed by atoms with van der Waals surface area (Å²) in [5.74, 6) is 0.964. The van der Waals surface area contributed by atoms with E-state index in [4.69, 9.17) is 0 Å². The minimum absolute atomic E-state index is 0.780. The monoisotopic (exact) mass is 210 g/mol. The highest BCUT2D eigenvalue weighted by Crippen LogP contribution is 2.28. The van der Waals surface area contributed by atoms with Crippen molar-refractivity contribution in [1.82, 2.24) is 10.2 Å². The molecule has 0 amide bonds. The summed E-state index contributed by atoms with van der Waals surface area (Å²) in [5.41, 5.74) is 0. The van der Waals surface area contributed by atoms with Gasteiger partial charge >= 0.3 is 0 Å². The van der Waals surface area contributed by atoms with Gasteiger partial charge < -0.3 is 10.2 Å². The average Bonchev–Trinajstić information content (AvgIpc) is 2.29. The molecule has 1 N–H and O–H groups in total. The van der Waals surface area contributed by atoms with E-state index >= 15 is 0 Å². The number of nitrogens with zero attached hydrogens (tertiary/aromatic N) is 1. The van der Waals surface area contributed by atoms with Crippen LogP contribution in [0.1, 0.15) is 45.4 Å². The van der Waals surface area contributed by atoms with Gasteiger partial charge in [0.05, 0.1) is 0 Å². The molecule has 0 aromatic heterocycles. The van der Waals surface area contributed by atoms with Crippen LogP contribution in [-0.2, 0) is 0 Å². The molecule has 1 heterocycles. The predicted octanol–water partition coefficient (Wildman–Crippen LogP) is 2.25. The van der Waals surface area contributed by atoms with Crippen molar-refractivity contribution < 1.29 is 0 Å². The van der Waals surface area contributed by atoms with Crippen LogP contribution < -0.4 is 5.32 Å². The average molecular weight is 210 g/mol. The molecule has 1 aliphatic carbocycles. The summed E-state index contributed by atoms with van der Waals surface area (Å²) in [6, 6.07) is 1.69. The van der Waals surface area contributed by atoms with Crippen LogP contribution >= 0.6 is 0 Å². The Morgan fingerprint density at radius 2 is 1.80 bits per heavy atom. The molecular weight excluding hydrogens is 184 g/mol. The smallest absolute Gasteiger partial charge is 0.00978 e. The fourth-order valence-corrected chi connectivity index (χ4v) is 3.29. The van der Waals surface area contributed by atoms with Crippen LogP contribution in [0.15, 0.2) is 0 Å². The third kappa shape index (κ3) is 2.94. The van der Waals surface area contributed by atoms with Crippen molar-refractivity contribution in [2.45, 2.75) is 57.5 Å². The van der Waals surface area contributed by atoms with Crippen LogP contribution in [0, 0.1) is 5.92 Å². The maximum Gasteiger partial charge on any atom is 0.00978 e. The van der Waals surface area contributed by atoms with Crippen molar-refractivity contribution in [3.8, 4) is 0 Å². The van der Waals surface area contributed by atoms with E-state index in [-0.39, 0.29) is 0 Å². The second-order valence-corrected chi connectivity index (χ2v) is 5.52. The van der Waals surface area contributed by atoms with E-state index in [2.05, 4.69) is 24.2 Å². The standard InChI is InChI=1S/C13H26N2/c1-11-4-3-5-13(10-11)15-8-6-12(14-2)7-9-15/h11-14H,3-10H2,1-2H3. The summed E-state index contributed by atoms with van der Waals surface area (Å²) in [6.07, 6.45) is 8.52. The Labute approximate surface area is 94.4 Å². The number of nitrogens with one attached hydrogen (secondary N) is 1. The lowest BCUT2D eigenvalue weighted by Crippen LogP contribution is -2.47. The summed E-state index contributed by atoms with van der Waals surface area (Å²) in [7, 11) is 2.10. The fourth-order valence-electron chi connectivity index (χ4n) is 3.29. The molecule has 88 valence electrons. The quantitative estimate of drug-likeness (QED) is 0.752. The SMILES string of the molecule is CNC1CCN(C2CCCC(C)C2)CC1. The second-order valence-electron chi connectivity index (χ2n) is 5.52. The molecule has 0 spiro atoms. The van der Waals surface area contributed by atoms with E-state index in [1.54, 1.807) is 0 Å². The Hall–Kier alpha value is -0.0800. The van der Waals surface area contributed by atoms with Crippen LogP contribution in [0.5, 0.6) is 0 Å². The Kier molecular flexibility index (Phi) is 4.04. The Morgan fingerprint density at radius 1 is 1.07 bits per heavy atom. The second kappa shape index (κ2) is 5.31. The molecule has 2 aliphatic rings. The largest absolute Gasteiger partial charge is 0.317 e. The molecule has 15 heavy (non-hydrogen) atoms. The van der Waals surface area contributed by atoms with Crippen LogP contribution in [0.2, 0.25) is 0 Å². The van der Waals surface area contributed by atoms with Crippen molar-refractivity contribution in [2.75, 3.05) is 20.1 Å². The third-order valence-corrected chi connectivity index (χ3v) is 4.36.